The number of rotatable bonds is 8. The summed E-state index contributed by atoms with van der Waals surface area (Å²) in [4.78, 5) is 45.5. The minimum Gasteiger partial charge on any atom is -0.478 e. The largest absolute Gasteiger partial charge is 0.478 e. The Morgan fingerprint density at radius 3 is 2.07 bits per heavy atom. The summed E-state index contributed by atoms with van der Waals surface area (Å²) in [5.41, 5.74) is 0.854. The molecule has 0 unspecified atom stereocenters. The summed E-state index contributed by atoms with van der Waals surface area (Å²) in [6.07, 6.45) is 3.90. The fraction of sp³-hybridized carbons (Fsp3) is 0.421. The topological polar surface area (TPSA) is 141 Å². The van der Waals surface area contributed by atoms with E-state index in [1.165, 1.54) is 25.0 Å². The number of hydrogen-bond acceptors (Lipinski definition) is 6. The SMILES string of the molecule is CN(CCN1CCCC1)C(=O)Cc1ccc([N+](=O)[O-])cc1.O=C(O)/C=C/C(=O)O. The summed E-state index contributed by atoms with van der Waals surface area (Å²) in [5, 5.41) is 26.2. The Morgan fingerprint density at radius 2 is 1.62 bits per heavy atom. The van der Waals surface area contributed by atoms with E-state index in [1.807, 2.05) is 7.05 Å². The van der Waals surface area contributed by atoms with Crippen molar-refractivity contribution in [2.45, 2.75) is 19.3 Å². The lowest BCUT2D eigenvalue weighted by Gasteiger charge is -2.21. The lowest BCUT2D eigenvalue weighted by Crippen LogP contribution is -2.35. The quantitative estimate of drug-likeness (QED) is 0.374. The van der Waals surface area contributed by atoms with Crippen molar-refractivity contribution >= 4 is 23.5 Å². The van der Waals surface area contributed by atoms with Gasteiger partial charge in [-0.3, -0.25) is 14.9 Å². The van der Waals surface area contributed by atoms with Gasteiger partial charge in [0.15, 0.2) is 0 Å². The molecule has 0 spiro atoms. The summed E-state index contributed by atoms with van der Waals surface area (Å²) < 4.78 is 0. The van der Waals surface area contributed by atoms with E-state index in [-0.39, 0.29) is 18.0 Å². The molecule has 0 radical (unpaired) electrons. The number of carboxylic acid groups (broad SMARTS) is 2. The summed E-state index contributed by atoms with van der Waals surface area (Å²) >= 11 is 0. The number of carbonyl (C=O) groups excluding carboxylic acids is 1. The smallest absolute Gasteiger partial charge is 0.328 e. The van der Waals surface area contributed by atoms with Crippen LogP contribution >= 0.6 is 0 Å². The van der Waals surface area contributed by atoms with Crippen molar-refractivity contribution in [3.63, 3.8) is 0 Å². The zero-order chi connectivity index (χ0) is 21.8. The van der Waals surface area contributed by atoms with Gasteiger partial charge in [-0.25, -0.2) is 9.59 Å². The standard InChI is InChI=1S/C15H21N3O3.C4H4O4/c1-16(10-11-17-8-2-3-9-17)15(19)12-13-4-6-14(7-5-13)18(20)21;5-3(6)1-2-4(7)8/h4-7H,2-3,8-12H2,1H3;1-2H,(H,5,6)(H,7,8)/b;2-1+. The molecule has 1 aromatic carbocycles. The van der Waals surface area contributed by atoms with E-state index < -0.39 is 16.9 Å². The molecular weight excluding hydrogens is 382 g/mol. The predicted octanol–water partition coefficient (Wildman–Crippen LogP) is 1.40. The number of nitrogens with zero attached hydrogens (tertiary/aromatic N) is 3. The highest BCUT2D eigenvalue weighted by Gasteiger charge is 2.15. The van der Waals surface area contributed by atoms with Gasteiger partial charge in [-0.05, 0) is 31.5 Å². The molecule has 10 heteroatoms. The maximum absolute atomic E-state index is 12.1. The van der Waals surface area contributed by atoms with Gasteiger partial charge < -0.3 is 20.0 Å². The third-order valence-electron chi connectivity index (χ3n) is 4.25. The van der Waals surface area contributed by atoms with E-state index >= 15 is 0 Å². The van der Waals surface area contributed by atoms with Crippen molar-refractivity contribution in [3.05, 3.63) is 52.1 Å². The van der Waals surface area contributed by atoms with E-state index in [1.54, 1.807) is 17.0 Å². The van der Waals surface area contributed by atoms with Crippen LogP contribution in [0.3, 0.4) is 0 Å². The first-order valence-corrected chi connectivity index (χ1v) is 9.02. The van der Waals surface area contributed by atoms with Crippen molar-refractivity contribution < 1.29 is 29.5 Å². The van der Waals surface area contributed by atoms with Crippen LogP contribution in [-0.2, 0) is 20.8 Å². The Balaban J connectivity index is 0.000000447. The zero-order valence-corrected chi connectivity index (χ0v) is 16.2. The number of aliphatic carboxylic acids is 2. The van der Waals surface area contributed by atoms with Crippen LogP contribution in [0.2, 0.25) is 0 Å². The Morgan fingerprint density at radius 1 is 1.10 bits per heavy atom. The van der Waals surface area contributed by atoms with Crippen molar-refractivity contribution in [2.24, 2.45) is 0 Å². The highest BCUT2D eigenvalue weighted by molar-refractivity contribution is 5.89. The average Bonchev–Trinajstić information content (AvgIpc) is 3.19. The number of nitro benzene ring substituents is 1. The van der Waals surface area contributed by atoms with Gasteiger partial charge in [-0.2, -0.15) is 0 Å². The number of hydrogen-bond donors (Lipinski definition) is 2. The van der Waals surface area contributed by atoms with Crippen LogP contribution in [0.5, 0.6) is 0 Å². The Bertz CT molecular complexity index is 725. The molecule has 0 saturated carbocycles. The van der Waals surface area contributed by atoms with E-state index in [4.69, 9.17) is 10.2 Å². The Kier molecular flexibility index (Phi) is 10.0. The van der Waals surface area contributed by atoms with Crippen molar-refractivity contribution in [2.75, 3.05) is 33.2 Å². The third-order valence-corrected chi connectivity index (χ3v) is 4.25. The normalized spacial score (nSPS) is 13.6. The van der Waals surface area contributed by atoms with Crippen molar-refractivity contribution in [1.82, 2.24) is 9.80 Å². The number of carboxylic acids is 2. The Hall–Kier alpha value is -3.27. The van der Waals surface area contributed by atoms with E-state index in [9.17, 15) is 24.5 Å². The summed E-state index contributed by atoms with van der Waals surface area (Å²) in [7, 11) is 1.81. The zero-order valence-electron chi connectivity index (χ0n) is 16.2. The molecule has 1 amide bonds. The maximum atomic E-state index is 12.1. The lowest BCUT2D eigenvalue weighted by molar-refractivity contribution is -0.384. The van der Waals surface area contributed by atoms with Gasteiger partial charge in [0.2, 0.25) is 5.91 Å². The predicted molar refractivity (Wildman–Crippen MR) is 105 cm³/mol. The molecule has 0 bridgehead atoms. The second-order valence-electron chi connectivity index (χ2n) is 6.47. The van der Waals surface area contributed by atoms with Crippen molar-refractivity contribution in [3.8, 4) is 0 Å². The first-order chi connectivity index (χ1) is 13.7. The van der Waals surface area contributed by atoms with Crippen molar-refractivity contribution in [1.29, 1.82) is 0 Å². The molecule has 1 aliphatic heterocycles. The molecule has 10 nitrogen and oxygen atoms in total. The monoisotopic (exact) mass is 407 g/mol. The fourth-order valence-corrected chi connectivity index (χ4v) is 2.61. The van der Waals surface area contributed by atoms with E-state index in [2.05, 4.69) is 4.90 Å². The molecule has 1 fully saturated rings. The van der Waals surface area contributed by atoms with E-state index in [0.29, 0.717) is 12.2 Å². The van der Waals surface area contributed by atoms with E-state index in [0.717, 1.165) is 31.7 Å². The number of carbonyl (C=O) groups is 3. The number of likely N-dealkylation sites (N-methyl/N-ethyl adjacent to an activating group) is 1. The summed E-state index contributed by atoms with van der Waals surface area (Å²) in [6.45, 7) is 3.91. The lowest BCUT2D eigenvalue weighted by atomic mass is 10.1. The molecule has 1 aliphatic rings. The van der Waals surface area contributed by atoms with Crippen LogP contribution in [-0.4, -0.2) is 76.0 Å². The van der Waals surface area contributed by atoms with Gasteiger partial charge in [-0.1, -0.05) is 12.1 Å². The number of amides is 1. The van der Waals surface area contributed by atoms with Gasteiger partial charge in [0.25, 0.3) is 5.69 Å². The second-order valence-corrected chi connectivity index (χ2v) is 6.47. The van der Waals surface area contributed by atoms with Crippen LogP contribution < -0.4 is 0 Å². The molecule has 1 aromatic rings. The third kappa shape index (κ3) is 10.0. The summed E-state index contributed by atoms with van der Waals surface area (Å²) in [6, 6.07) is 6.16. The number of nitro groups is 1. The summed E-state index contributed by atoms with van der Waals surface area (Å²) in [5.74, 6) is -2.47. The number of non-ortho nitro benzene ring substituents is 1. The molecule has 1 saturated heterocycles. The first kappa shape index (κ1) is 23.8. The van der Waals surface area contributed by atoms with Crippen LogP contribution in [0.25, 0.3) is 0 Å². The number of likely N-dealkylation sites (tertiary alicyclic amines) is 1. The molecule has 0 atom stereocenters. The van der Waals surface area contributed by atoms with Gasteiger partial charge in [0.1, 0.15) is 0 Å². The van der Waals surface area contributed by atoms with Gasteiger partial charge in [0.05, 0.1) is 11.3 Å². The Labute approximate surface area is 168 Å². The van der Waals surface area contributed by atoms with Crippen LogP contribution in [0.15, 0.2) is 36.4 Å². The minimum atomic E-state index is -1.26. The molecule has 1 heterocycles. The van der Waals surface area contributed by atoms with Crippen LogP contribution in [0.1, 0.15) is 18.4 Å². The highest BCUT2D eigenvalue weighted by atomic mass is 16.6. The molecule has 158 valence electrons. The van der Waals surface area contributed by atoms with Crippen LogP contribution in [0.4, 0.5) is 5.69 Å². The molecule has 2 rings (SSSR count). The number of benzene rings is 1. The highest BCUT2D eigenvalue weighted by Crippen LogP contribution is 2.13. The molecule has 0 aliphatic carbocycles. The molecule has 29 heavy (non-hydrogen) atoms. The minimum absolute atomic E-state index is 0.0445. The second kappa shape index (κ2) is 12.2. The van der Waals surface area contributed by atoms with Crippen LogP contribution in [0, 0.1) is 10.1 Å². The molecule has 0 aromatic heterocycles. The average molecular weight is 407 g/mol. The van der Waals surface area contributed by atoms with Gasteiger partial charge in [-0.15, -0.1) is 0 Å². The van der Waals surface area contributed by atoms with Gasteiger partial charge >= 0.3 is 11.9 Å². The molecule has 2 N–H and O–H groups in total. The van der Waals surface area contributed by atoms with Gasteiger partial charge in [0, 0.05) is 44.4 Å². The fourth-order valence-electron chi connectivity index (χ4n) is 2.61. The first-order valence-electron chi connectivity index (χ1n) is 9.02. The maximum Gasteiger partial charge on any atom is 0.328 e. The molecular formula is C19H25N3O7.